The van der Waals surface area contributed by atoms with Gasteiger partial charge in [0.1, 0.15) is 29.6 Å². The second-order valence-electron chi connectivity index (χ2n) is 14.9. The number of aryl methyl sites for hydroxylation is 1. The molecule has 300 valence electrons. The molecule has 5 aromatic rings. The maximum absolute atomic E-state index is 14.3. The lowest BCUT2D eigenvalue weighted by Crippen LogP contribution is -2.58. The molecule has 0 saturated heterocycles. The SMILES string of the molecule is Cc1ccc(-c2ncc(C[C@H](NC(=O)OC(C)(C)C)C(=O)N[C@@H](Cc3c[nH]c4ccccc34)C(=O)N[C@@H](CCCN=C(N)N)C(=O)NCc3ccccc3)[nH]2)cc1. The van der Waals surface area contributed by atoms with Crippen LogP contribution in [0.4, 0.5) is 4.79 Å². The van der Waals surface area contributed by atoms with Gasteiger partial charge in [-0.2, -0.15) is 0 Å². The summed E-state index contributed by atoms with van der Waals surface area (Å²) in [5.74, 6) is -1.15. The Hall–Kier alpha value is -6.64. The minimum Gasteiger partial charge on any atom is -0.444 e. The lowest BCUT2D eigenvalue weighted by atomic mass is 10.0. The first-order valence-electron chi connectivity index (χ1n) is 18.9. The smallest absolute Gasteiger partial charge is 0.408 e. The number of ether oxygens (including phenoxy) is 1. The van der Waals surface area contributed by atoms with E-state index in [-0.39, 0.29) is 38.3 Å². The number of rotatable bonds is 17. The van der Waals surface area contributed by atoms with Gasteiger partial charge in [0.15, 0.2) is 5.96 Å². The fraction of sp³-hybridized carbons (Fsp3) is 0.333. The molecule has 0 aliphatic heterocycles. The molecule has 5 rings (SSSR count). The average molecular weight is 777 g/mol. The zero-order valence-electron chi connectivity index (χ0n) is 32.7. The van der Waals surface area contributed by atoms with Crippen LogP contribution in [0.2, 0.25) is 0 Å². The topological polar surface area (TPSA) is 234 Å². The van der Waals surface area contributed by atoms with Crippen molar-refractivity contribution in [3.8, 4) is 11.4 Å². The number of para-hydroxylation sites is 1. The molecule has 3 aromatic carbocycles. The van der Waals surface area contributed by atoms with Crippen LogP contribution in [0.1, 0.15) is 56.0 Å². The van der Waals surface area contributed by atoms with Crippen molar-refractivity contribution in [3.63, 3.8) is 0 Å². The molecule has 0 bridgehead atoms. The molecule has 2 heterocycles. The van der Waals surface area contributed by atoms with Crippen LogP contribution in [-0.4, -0.2) is 75.0 Å². The van der Waals surface area contributed by atoms with Gasteiger partial charge < -0.3 is 47.4 Å². The van der Waals surface area contributed by atoms with E-state index in [1.54, 1.807) is 33.2 Å². The van der Waals surface area contributed by atoms with Crippen molar-refractivity contribution < 1.29 is 23.9 Å². The van der Waals surface area contributed by atoms with E-state index in [1.165, 1.54) is 0 Å². The number of nitrogens with zero attached hydrogens (tertiary/aromatic N) is 2. The number of aliphatic imine (C=N–C) groups is 1. The number of H-pyrrole nitrogens is 2. The molecule has 3 atom stereocenters. The van der Waals surface area contributed by atoms with E-state index < -0.39 is 47.5 Å². The number of benzene rings is 3. The molecule has 15 heteroatoms. The first-order valence-corrected chi connectivity index (χ1v) is 18.9. The molecule has 0 unspecified atom stereocenters. The van der Waals surface area contributed by atoms with Crippen molar-refractivity contribution >= 4 is 40.7 Å². The summed E-state index contributed by atoms with van der Waals surface area (Å²) >= 11 is 0. The van der Waals surface area contributed by atoms with E-state index in [1.807, 2.05) is 85.8 Å². The molecule has 0 saturated carbocycles. The van der Waals surface area contributed by atoms with Gasteiger partial charge >= 0.3 is 6.09 Å². The van der Waals surface area contributed by atoms with E-state index in [4.69, 9.17) is 16.2 Å². The number of alkyl carbamates (subject to hydrolysis) is 1. The number of carbonyl (C=O) groups is 4. The number of nitrogens with two attached hydrogens (primary N) is 2. The molecule has 57 heavy (non-hydrogen) atoms. The fourth-order valence-electron chi connectivity index (χ4n) is 6.15. The highest BCUT2D eigenvalue weighted by Crippen LogP contribution is 2.21. The molecule has 0 radical (unpaired) electrons. The summed E-state index contributed by atoms with van der Waals surface area (Å²) in [6.45, 7) is 7.63. The van der Waals surface area contributed by atoms with Gasteiger partial charge in [-0.1, -0.05) is 78.4 Å². The van der Waals surface area contributed by atoms with Crippen molar-refractivity contribution in [3.05, 3.63) is 114 Å². The number of aromatic amines is 2. The van der Waals surface area contributed by atoms with Crippen LogP contribution >= 0.6 is 0 Å². The highest BCUT2D eigenvalue weighted by Gasteiger charge is 2.32. The van der Waals surface area contributed by atoms with Crippen molar-refractivity contribution in [2.45, 2.75) is 83.6 Å². The molecule has 0 spiro atoms. The van der Waals surface area contributed by atoms with Crippen LogP contribution < -0.4 is 32.7 Å². The number of nitrogens with one attached hydrogen (secondary N) is 6. The van der Waals surface area contributed by atoms with Gasteiger partial charge in [0, 0.05) is 60.5 Å². The molecule has 10 N–H and O–H groups in total. The van der Waals surface area contributed by atoms with Crippen molar-refractivity contribution in [1.29, 1.82) is 0 Å². The summed E-state index contributed by atoms with van der Waals surface area (Å²) in [7, 11) is 0. The maximum atomic E-state index is 14.3. The molecule has 15 nitrogen and oxygen atoms in total. The summed E-state index contributed by atoms with van der Waals surface area (Å²) < 4.78 is 5.51. The van der Waals surface area contributed by atoms with E-state index in [0.717, 1.165) is 33.2 Å². The fourth-order valence-corrected chi connectivity index (χ4v) is 6.15. The van der Waals surface area contributed by atoms with E-state index in [9.17, 15) is 19.2 Å². The van der Waals surface area contributed by atoms with E-state index in [0.29, 0.717) is 17.9 Å². The third-order valence-corrected chi connectivity index (χ3v) is 9.00. The van der Waals surface area contributed by atoms with E-state index in [2.05, 4.69) is 41.2 Å². The van der Waals surface area contributed by atoms with Gasteiger partial charge in [-0.15, -0.1) is 0 Å². The molecule has 0 fully saturated rings. The van der Waals surface area contributed by atoms with Crippen LogP contribution in [0.3, 0.4) is 0 Å². The lowest BCUT2D eigenvalue weighted by molar-refractivity contribution is -0.132. The molecule has 4 amide bonds. The Balaban J connectivity index is 1.41. The summed E-state index contributed by atoms with van der Waals surface area (Å²) in [5, 5.41) is 12.2. The minimum absolute atomic E-state index is 0.000665. The van der Waals surface area contributed by atoms with Gasteiger partial charge in [-0.3, -0.25) is 19.4 Å². The van der Waals surface area contributed by atoms with Gasteiger partial charge in [0.2, 0.25) is 17.7 Å². The number of imidazole rings is 1. The first kappa shape index (κ1) is 41.5. The van der Waals surface area contributed by atoms with Crippen LogP contribution in [-0.2, 0) is 38.5 Å². The number of hydrogen-bond acceptors (Lipinski definition) is 7. The molecular weight excluding hydrogens is 725 g/mol. The Morgan fingerprint density at radius 2 is 1.49 bits per heavy atom. The minimum atomic E-state index is -1.19. The Morgan fingerprint density at radius 3 is 2.19 bits per heavy atom. The predicted molar refractivity (Wildman–Crippen MR) is 220 cm³/mol. The van der Waals surface area contributed by atoms with Crippen LogP contribution in [0.15, 0.2) is 96.2 Å². The highest BCUT2D eigenvalue weighted by molar-refractivity contribution is 5.95. The molecule has 2 aromatic heterocycles. The van der Waals surface area contributed by atoms with E-state index >= 15 is 0 Å². The summed E-state index contributed by atoms with van der Waals surface area (Å²) in [5.41, 5.74) is 15.2. The monoisotopic (exact) mass is 776 g/mol. The number of guanidine groups is 1. The Morgan fingerprint density at radius 1 is 0.825 bits per heavy atom. The Kier molecular flexibility index (Phi) is 14.1. The van der Waals surface area contributed by atoms with Gasteiger partial charge in [-0.05, 0) is 57.7 Å². The summed E-state index contributed by atoms with van der Waals surface area (Å²) in [4.78, 5) is 70.3. The molecule has 0 aliphatic carbocycles. The first-order chi connectivity index (χ1) is 27.2. The van der Waals surface area contributed by atoms with Gasteiger partial charge in [-0.25, -0.2) is 9.78 Å². The third kappa shape index (κ3) is 12.7. The second kappa shape index (κ2) is 19.3. The van der Waals surface area contributed by atoms with Crippen molar-refractivity contribution in [2.24, 2.45) is 16.5 Å². The Labute approximate surface area is 331 Å². The Bertz CT molecular complexity index is 2150. The summed E-state index contributed by atoms with van der Waals surface area (Å²) in [6.07, 6.45) is 3.23. The zero-order chi connectivity index (χ0) is 41.0. The lowest BCUT2D eigenvalue weighted by Gasteiger charge is -2.26. The summed E-state index contributed by atoms with van der Waals surface area (Å²) in [6, 6.07) is 21.4. The number of fused-ring (bicyclic) bond motifs is 1. The maximum Gasteiger partial charge on any atom is 0.408 e. The van der Waals surface area contributed by atoms with Crippen molar-refractivity contribution in [1.82, 2.24) is 36.2 Å². The number of hydrogen-bond donors (Lipinski definition) is 8. The second-order valence-corrected chi connectivity index (χ2v) is 14.9. The number of amides is 4. The largest absolute Gasteiger partial charge is 0.444 e. The van der Waals surface area contributed by atoms with Crippen molar-refractivity contribution in [2.75, 3.05) is 6.54 Å². The van der Waals surface area contributed by atoms with Crippen LogP contribution in [0, 0.1) is 6.92 Å². The zero-order valence-corrected chi connectivity index (χ0v) is 32.7. The van der Waals surface area contributed by atoms with Crippen LogP contribution in [0.5, 0.6) is 0 Å². The molecule has 0 aliphatic rings. The number of aromatic nitrogens is 3. The standard InChI is InChI=1S/C42H52N10O5/c1-26-16-18-28(19-17-26)36-47-25-30(49-36)22-35(52-41(56)57-42(2,3)4)39(55)51-34(21-29-24-46-32-14-9-8-13-31(29)32)38(54)50-33(15-10-20-45-40(43)44)37(53)48-23-27-11-6-5-7-12-27/h5-9,11-14,16-19,24-25,33-35,46H,10,15,20-23H2,1-4H3,(H,47,49)(H,48,53)(H,50,54)(H,51,55)(H,52,56)(H4,43,44,45)/t33-,34-,35-/m0/s1. The van der Waals surface area contributed by atoms with Crippen LogP contribution in [0.25, 0.3) is 22.3 Å². The third-order valence-electron chi connectivity index (χ3n) is 9.00. The van der Waals surface area contributed by atoms with Gasteiger partial charge in [0.25, 0.3) is 0 Å². The predicted octanol–water partition coefficient (Wildman–Crippen LogP) is 3.88. The quantitative estimate of drug-likeness (QED) is 0.0391. The molecular formula is C42H52N10O5. The van der Waals surface area contributed by atoms with Gasteiger partial charge in [0.05, 0.1) is 0 Å². The number of carbonyl (C=O) groups excluding carboxylic acids is 4. The highest BCUT2D eigenvalue weighted by atomic mass is 16.6. The normalized spacial score (nSPS) is 12.8. The average Bonchev–Trinajstić information content (AvgIpc) is 3.81.